The Morgan fingerprint density at radius 2 is 2.03 bits per heavy atom. The third-order valence-corrected chi connectivity index (χ3v) is 6.24. The lowest BCUT2D eigenvalue weighted by atomic mass is 9.93. The van der Waals surface area contributed by atoms with E-state index in [1.807, 2.05) is 6.92 Å². The van der Waals surface area contributed by atoms with E-state index in [9.17, 15) is 9.90 Å². The molecule has 2 atom stereocenters. The average molecular weight is 436 g/mol. The fourth-order valence-corrected chi connectivity index (χ4v) is 4.47. The van der Waals surface area contributed by atoms with Crippen LogP contribution >= 0.6 is 0 Å². The van der Waals surface area contributed by atoms with Gasteiger partial charge in [0, 0.05) is 37.2 Å². The van der Waals surface area contributed by atoms with Gasteiger partial charge in [-0.15, -0.1) is 0 Å². The number of nitrogens with two attached hydrogens (primary N) is 1. The van der Waals surface area contributed by atoms with Gasteiger partial charge in [-0.2, -0.15) is 0 Å². The van der Waals surface area contributed by atoms with Crippen LogP contribution in [0.2, 0.25) is 0 Å². The van der Waals surface area contributed by atoms with E-state index in [1.165, 1.54) is 0 Å². The summed E-state index contributed by atoms with van der Waals surface area (Å²) < 4.78 is 22.5. The number of nitrogen functional groups attached to an aromatic ring is 1. The highest BCUT2D eigenvalue weighted by Gasteiger charge is 2.32. The quantitative estimate of drug-likeness (QED) is 0.543. The molecule has 0 unspecified atom stereocenters. The minimum absolute atomic E-state index is 0.00766. The zero-order valence-electron chi connectivity index (χ0n) is 18.1. The monoisotopic (exact) mass is 435 g/mol. The Morgan fingerprint density at radius 3 is 2.81 bits per heavy atom. The molecule has 0 saturated carbocycles. The van der Waals surface area contributed by atoms with Gasteiger partial charge in [-0.25, -0.2) is 0 Å². The summed E-state index contributed by atoms with van der Waals surface area (Å²) in [6, 6.07) is 3.26. The standard InChI is InChI=1S/C22H33N3O6/c1-22(30-9-10-31-22)4-2-5-25-6-3-15(18(26)14-25)13-24-21(27)17-11-16(23)12-19-20(17)29-8-7-28-19/h11-12,15,18,26H,2-10,13-14,23H2,1H3,(H,24,27)/t15-,18+/m0/s1. The minimum atomic E-state index is -0.488. The number of carbonyl (C=O) groups is 1. The van der Waals surface area contributed by atoms with Crippen LogP contribution in [0, 0.1) is 5.92 Å². The predicted molar refractivity (Wildman–Crippen MR) is 114 cm³/mol. The lowest BCUT2D eigenvalue weighted by Gasteiger charge is -2.36. The number of benzene rings is 1. The number of β-amino-alcohol motifs (C(OH)–C–C–N with tert-alkyl or cyclic N) is 1. The van der Waals surface area contributed by atoms with Crippen LogP contribution in [0.1, 0.15) is 36.5 Å². The topological polar surface area (TPSA) is 116 Å². The lowest BCUT2D eigenvalue weighted by molar-refractivity contribution is -0.148. The van der Waals surface area contributed by atoms with Crippen LogP contribution in [0.5, 0.6) is 11.5 Å². The molecule has 9 heteroatoms. The zero-order valence-corrected chi connectivity index (χ0v) is 18.1. The van der Waals surface area contributed by atoms with Gasteiger partial charge < -0.3 is 40.0 Å². The summed E-state index contributed by atoms with van der Waals surface area (Å²) in [6.07, 6.45) is 2.13. The van der Waals surface area contributed by atoms with Crippen molar-refractivity contribution in [3.05, 3.63) is 17.7 Å². The number of aliphatic hydroxyl groups excluding tert-OH is 1. The summed E-state index contributed by atoms with van der Waals surface area (Å²) in [6.45, 7) is 6.91. The van der Waals surface area contributed by atoms with Crippen LogP contribution in [0.15, 0.2) is 12.1 Å². The average Bonchev–Trinajstić information content (AvgIpc) is 3.18. The maximum atomic E-state index is 12.8. The second-order valence-electron chi connectivity index (χ2n) is 8.65. The molecule has 4 rings (SSSR count). The molecule has 4 N–H and O–H groups in total. The largest absolute Gasteiger partial charge is 0.486 e. The Kier molecular flexibility index (Phi) is 6.86. The molecule has 0 spiro atoms. The van der Waals surface area contributed by atoms with Crippen LogP contribution in [0.3, 0.4) is 0 Å². The Bertz CT molecular complexity index is 783. The van der Waals surface area contributed by atoms with Crippen molar-refractivity contribution in [3.63, 3.8) is 0 Å². The summed E-state index contributed by atoms with van der Waals surface area (Å²) in [4.78, 5) is 15.0. The number of anilines is 1. The number of hydrogen-bond donors (Lipinski definition) is 3. The van der Waals surface area contributed by atoms with Crippen LogP contribution in [0.25, 0.3) is 0 Å². The second kappa shape index (κ2) is 9.60. The summed E-state index contributed by atoms with van der Waals surface area (Å²) in [7, 11) is 0. The first-order valence-electron chi connectivity index (χ1n) is 11.1. The van der Waals surface area contributed by atoms with Crippen molar-refractivity contribution in [1.29, 1.82) is 0 Å². The van der Waals surface area contributed by atoms with Crippen molar-refractivity contribution in [3.8, 4) is 11.5 Å². The predicted octanol–water partition coefficient (Wildman–Crippen LogP) is 0.996. The van der Waals surface area contributed by atoms with Crippen LogP contribution < -0.4 is 20.5 Å². The van der Waals surface area contributed by atoms with Crippen LogP contribution in [0.4, 0.5) is 5.69 Å². The summed E-state index contributed by atoms with van der Waals surface area (Å²) in [5.74, 6) is 0.196. The van der Waals surface area contributed by atoms with Gasteiger partial charge in [0.15, 0.2) is 17.3 Å². The smallest absolute Gasteiger partial charge is 0.255 e. The summed E-state index contributed by atoms with van der Waals surface area (Å²) in [5.41, 5.74) is 6.72. The molecular formula is C22H33N3O6. The van der Waals surface area contributed by atoms with Crippen molar-refractivity contribution >= 4 is 11.6 Å². The van der Waals surface area contributed by atoms with E-state index in [4.69, 9.17) is 24.7 Å². The highest BCUT2D eigenvalue weighted by atomic mass is 16.7. The molecule has 0 aliphatic carbocycles. The molecule has 0 radical (unpaired) electrons. The highest BCUT2D eigenvalue weighted by Crippen LogP contribution is 2.36. The van der Waals surface area contributed by atoms with Crippen molar-refractivity contribution in [1.82, 2.24) is 10.2 Å². The zero-order chi connectivity index (χ0) is 21.8. The van der Waals surface area contributed by atoms with Gasteiger partial charge in [0.1, 0.15) is 13.2 Å². The number of aliphatic hydroxyl groups is 1. The van der Waals surface area contributed by atoms with E-state index in [1.54, 1.807) is 12.1 Å². The van der Waals surface area contributed by atoms with Gasteiger partial charge in [0.2, 0.25) is 0 Å². The fraction of sp³-hybridized carbons (Fsp3) is 0.682. The maximum absolute atomic E-state index is 12.8. The van der Waals surface area contributed by atoms with E-state index in [-0.39, 0.29) is 11.8 Å². The number of carbonyl (C=O) groups excluding carboxylic acids is 1. The molecule has 3 heterocycles. The Hall–Kier alpha value is -2.07. The molecule has 3 aliphatic rings. The number of likely N-dealkylation sites (tertiary alicyclic amines) is 1. The van der Waals surface area contributed by atoms with Crippen molar-refractivity contribution in [2.24, 2.45) is 5.92 Å². The minimum Gasteiger partial charge on any atom is -0.486 e. The lowest BCUT2D eigenvalue weighted by Crippen LogP contribution is -2.48. The van der Waals surface area contributed by atoms with Gasteiger partial charge in [0.05, 0.1) is 24.9 Å². The molecule has 1 aromatic carbocycles. The fourth-order valence-electron chi connectivity index (χ4n) is 4.47. The van der Waals surface area contributed by atoms with Gasteiger partial charge >= 0.3 is 0 Å². The molecule has 1 aromatic rings. The number of ether oxygens (including phenoxy) is 4. The van der Waals surface area contributed by atoms with Gasteiger partial charge in [-0.1, -0.05) is 0 Å². The summed E-state index contributed by atoms with van der Waals surface area (Å²) in [5, 5.41) is 13.5. The Morgan fingerprint density at radius 1 is 1.26 bits per heavy atom. The second-order valence-corrected chi connectivity index (χ2v) is 8.65. The number of fused-ring (bicyclic) bond motifs is 1. The molecule has 1 amide bonds. The molecule has 0 bridgehead atoms. The third-order valence-electron chi connectivity index (χ3n) is 6.24. The molecule has 3 aliphatic heterocycles. The van der Waals surface area contributed by atoms with E-state index in [0.29, 0.717) is 62.3 Å². The van der Waals surface area contributed by atoms with Crippen LogP contribution in [-0.2, 0) is 9.47 Å². The molecule has 172 valence electrons. The van der Waals surface area contributed by atoms with Gasteiger partial charge in [-0.05, 0) is 38.9 Å². The Labute approximate surface area is 182 Å². The summed E-state index contributed by atoms with van der Waals surface area (Å²) >= 11 is 0. The molecule has 2 saturated heterocycles. The van der Waals surface area contributed by atoms with Gasteiger partial charge in [0.25, 0.3) is 5.91 Å². The van der Waals surface area contributed by atoms with E-state index < -0.39 is 11.9 Å². The van der Waals surface area contributed by atoms with Crippen molar-refractivity contribution < 1.29 is 28.8 Å². The normalized spacial score (nSPS) is 25.4. The first-order chi connectivity index (χ1) is 14.9. The van der Waals surface area contributed by atoms with Gasteiger partial charge in [-0.3, -0.25) is 4.79 Å². The molecule has 0 aromatic heterocycles. The first kappa shape index (κ1) is 22.1. The van der Waals surface area contributed by atoms with E-state index in [0.717, 1.165) is 32.4 Å². The number of hydrogen-bond acceptors (Lipinski definition) is 8. The SMILES string of the molecule is CC1(CCCN2CC[C@@H](CNC(=O)c3cc(N)cc4c3OCCO4)[C@H](O)C2)OCCO1. The molecule has 31 heavy (non-hydrogen) atoms. The highest BCUT2D eigenvalue weighted by molar-refractivity contribution is 5.99. The van der Waals surface area contributed by atoms with Crippen LogP contribution in [-0.4, -0.2) is 80.4 Å². The number of piperidine rings is 1. The molecule has 2 fully saturated rings. The Balaban J connectivity index is 1.24. The third kappa shape index (κ3) is 5.41. The number of nitrogens with zero attached hydrogens (tertiary/aromatic N) is 1. The first-order valence-corrected chi connectivity index (χ1v) is 11.1. The van der Waals surface area contributed by atoms with Crippen molar-refractivity contribution in [2.45, 2.75) is 38.1 Å². The number of rotatable bonds is 7. The molecule has 9 nitrogen and oxygen atoms in total. The van der Waals surface area contributed by atoms with Crippen molar-refractivity contribution in [2.75, 3.05) is 58.3 Å². The van der Waals surface area contributed by atoms with E-state index in [2.05, 4.69) is 10.2 Å². The number of nitrogens with one attached hydrogen (secondary N) is 1. The maximum Gasteiger partial charge on any atom is 0.255 e. The number of amides is 1. The molecular weight excluding hydrogens is 402 g/mol. The van der Waals surface area contributed by atoms with E-state index >= 15 is 0 Å².